The van der Waals surface area contributed by atoms with Crippen LogP contribution in [-0.4, -0.2) is 15.7 Å². The van der Waals surface area contributed by atoms with Gasteiger partial charge in [0.2, 0.25) is 11.7 Å². The number of hydrogen-bond donors (Lipinski definition) is 1. The molecule has 2 unspecified atom stereocenters. The van der Waals surface area contributed by atoms with Gasteiger partial charge in [0.1, 0.15) is 5.75 Å². The highest BCUT2D eigenvalue weighted by atomic mass is 35.5. The maximum Gasteiger partial charge on any atom is 0.231 e. The van der Waals surface area contributed by atoms with E-state index in [1.807, 2.05) is 30.3 Å². The molecule has 2 atom stereocenters. The van der Waals surface area contributed by atoms with Crippen LogP contribution in [0.15, 0.2) is 34.9 Å². The van der Waals surface area contributed by atoms with Gasteiger partial charge < -0.3 is 15.0 Å². The fraction of sp³-hybridized carbons (Fsp3) is 0.500. The average molecular weight is 324 g/mol. The van der Waals surface area contributed by atoms with E-state index in [0.29, 0.717) is 18.3 Å². The lowest BCUT2D eigenvalue weighted by Gasteiger charge is -2.35. The van der Waals surface area contributed by atoms with Crippen LogP contribution in [0.3, 0.4) is 0 Å². The van der Waals surface area contributed by atoms with Crippen molar-refractivity contribution in [3.05, 3.63) is 42.0 Å². The van der Waals surface area contributed by atoms with Gasteiger partial charge in [-0.3, -0.25) is 0 Å². The van der Waals surface area contributed by atoms with E-state index in [0.717, 1.165) is 25.0 Å². The smallest absolute Gasteiger partial charge is 0.231 e. The summed E-state index contributed by atoms with van der Waals surface area (Å²) in [6, 6.07) is 9.61. The van der Waals surface area contributed by atoms with E-state index in [2.05, 4.69) is 17.1 Å². The van der Waals surface area contributed by atoms with Gasteiger partial charge in [-0.2, -0.15) is 4.98 Å². The third kappa shape index (κ3) is 3.78. The van der Waals surface area contributed by atoms with Crippen LogP contribution in [0.2, 0.25) is 0 Å². The van der Waals surface area contributed by atoms with Gasteiger partial charge in [-0.1, -0.05) is 36.2 Å². The number of benzene rings is 1. The van der Waals surface area contributed by atoms with Crippen LogP contribution in [0.25, 0.3) is 0 Å². The summed E-state index contributed by atoms with van der Waals surface area (Å²) >= 11 is 0. The number of para-hydroxylation sites is 1. The minimum Gasteiger partial charge on any atom is -0.485 e. The summed E-state index contributed by atoms with van der Waals surface area (Å²) < 4.78 is 11.0. The monoisotopic (exact) mass is 323 g/mol. The van der Waals surface area contributed by atoms with Gasteiger partial charge in [-0.05, 0) is 31.9 Å². The molecule has 1 saturated carbocycles. The SMILES string of the molecule is CC1(N)CCCCC1c1nc(COc2ccccc2)no1.Cl. The van der Waals surface area contributed by atoms with Gasteiger partial charge in [0.05, 0.1) is 5.92 Å². The van der Waals surface area contributed by atoms with E-state index in [1.54, 1.807) is 0 Å². The highest BCUT2D eigenvalue weighted by Crippen LogP contribution is 2.38. The van der Waals surface area contributed by atoms with E-state index < -0.39 is 0 Å². The second-order valence-electron chi connectivity index (χ2n) is 5.95. The Kier molecular flexibility index (Phi) is 5.42. The number of nitrogens with two attached hydrogens (primary N) is 1. The lowest BCUT2D eigenvalue weighted by molar-refractivity contribution is 0.222. The largest absolute Gasteiger partial charge is 0.485 e. The molecule has 120 valence electrons. The van der Waals surface area contributed by atoms with Gasteiger partial charge in [-0.15, -0.1) is 12.4 Å². The molecule has 6 heteroatoms. The van der Waals surface area contributed by atoms with Crippen LogP contribution in [0.4, 0.5) is 0 Å². The molecular weight excluding hydrogens is 302 g/mol. The number of ether oxygens (including phenoxy) is 1. The average Bonchev–Trinajstić information content (AvgIpc) is 2.94. The Morgan fingerprint density at radius 3 is 2.82 bits per heavy atom. The Labute approximate surface area is 136 Å². The van der Waals surface area contributed by atoms with Crippen LogP contribution >= 0.6 is 12.4 Å². The zero-order valence-corrected chi connectivity index (χ0v) is 13.5. The molecule has 2 N–H and O–H groups in total. The van der Waals surface area contributed by atoms with Crippen LogP contribution in [-0.2, 0) is 6.61 Å². The van der Waals surface area contributed by atoms with E-state index in [9.17, 15) is 0 Å². The molecule has 1 aliphatic carbocycles. The Balaban J connectivity index is 0.00000176. The topological polar surface area (TPSA) is 74.2 Å². The standard InChI is InChI=1S/C16H21N3O2.ClH/c1-16(17)10-6-5-9-13(16)15-18-14(19-21-15)11-20-12-7-3-2-4-8-12;/h2-4,7-8,13H,5-6,9-11,17H2,1H3;1H. The quantitative estimate of drug-likeness (QED) is 0.932. The molecule has 1 aromatic heterocycles. The molecule has 0 aliphatic heterocycles. The van der Waals surface area contributed by atoms with Crippen molar-refractivity contribution in [1.82, 2.24) is 10.1 Å². The number of rotatable bonds is 4. The van der Waals surface area contributed by atoms with Crippen molar-refractivity contribution < 1.29 is 9.26 Å². The maximum absolute atomic E-state index is 6.37. The van der Waals surface area contributed by atoms with E-state index in [4.69, 9.17) is 15.0 Å². The number of hydrogen-bond acceptors (Lipinski definition) is 5. The second-order valence-corrected chi connectivity index (χ2v) is 5.95. The molecule has 3 rings (SSSR count). The van der Waals surface area contributed by atoms with Gasteiger partial charge >= 0.3 is 0 Å². The normalized spacial score (nSPS) is 24.5. The summed E-state index contributed by atoms with van der Waals surface area (Å²) in [5.74, 6) is 2.15. The third-order valence-electron chi connectivity index (χ3n) is 4.15. The molecule has 22 heavy (non-hydrogen) atoms. The summed E-state index contributed by atoms with van der Waals surface area (Å²) in [6.45, 7) is 2.38. The molecule has 0 amide bonds. The van der Waals surface area contributed by atoms with Crippen molar-refractivity contribution in [1.29, 1.82) is 0 Å². The van der Waals surface area contributed by atoms with Crippen LogP contribution in [0.1, 0.15) is 50.2 Å². The van der Waals surface area contributed by atoms with Crippen molar-refractivity contribution in [3.8, 4) is 5.75 Å². The maximum atomic E-state index is 6.37. The lowest BCUT2D eigenvalue weighted by atomic mass is 9.74. The van der Waals surface area contributed by atoms with Crippen molar-refractivity contribution in [2.75, 3.05) is 0 Å². The van der Waals surface area contributed by atoms with Gasteiger partial charge in [-0.25, -0.2) is 0 Å². The molecule has 0 radical (unpaired) electrons. The first kappa shape index (κ1) is 16.8. The summed E-state index contributed by atoms with van der Waals surface area (Å²) in [7, 11) is 0. The zero-order chi connectivity index (χ0) is 14.7. The third-order valence-corrected chi connectivity index (χ3v) is 4.15. The molecule has 0 spiro atoms. The highest BCUT2D eigenvalue weighted by Gasteiger charge is 2.37. The minimum absolute atomic E-state index is 0. The first-order valence-corrected chi connectivity index (χ1v) is 7.44. The highest BCUT2D eigenvalue weighted by molar-refractivity contribution is 5.85. The summed E-state index contributed by atoms with van der Waals surface area (Å²) in [4.78, 5) is 4.46. The predicted molar refractivity (Wildman–Crippen MR) is 86.1 cm³/mol. The van der Waals surface area contributed by atoms with Crippen molar-refractivity contribution in [2.45, 2.75) is 50.7 Å². The summed E-state index contributed by atoms with van der Waals surface area (Å²) in [5, 5.41) is 4.01. The Morgan fingerprint density at radius 2 is 2.09 bits per heavy atom. The van der Waals surface area contributed by atoms with E-state index >= 15 is 0 Å². The van der Waals surface area contributed by atoms with Gasteiger partial charge in [0.25, 0.3) is 0 Å². The fourth-order valence-electron chi connectivity index (χ4n) is 2.90. The van der Waals surface area contributed by atoms with Crippen LogP contribution in [0.5, 0.6) is 5.75 Å². The van der Waals surface area contributed by atoms with Crippen LogP contribution in [0, 0.1) is 0 Å². The van der Waals surface area contributed by atoms with Crippen LogP contribution < -0.4 is 10.5 Å². The summed E-state index contributed by atoms with van der Waals surface area (Å²) in [5.41, 5.74) is 6.11. The Morgan fingerprint density at radius 1 is 1.32 bits per heavy atom. The molecular formula is C16H22ClN3O2. The van der Waals surface area contributed by atoms with Crippen molar-refractivity contribution >= 4 is 12.4 Å². The first-order chi connectivity index (χ1) is 10.1. The Bertz CT molecular complexity index is 586. The number of halogens is 1. The lowest BCUT2D eigenvalue weighted by Crippen LogP contribution is -2.44. The number of nitrogens with zero attached hydrogens (tertiary/aromatic N) is 2. The second kappa shape index (κ2) is 7.11. The number of aromatic nitrogens is 2. The Hall–Kier alpha value is -1.59. The molecule has 1 heterocycles. The first-order valence-electron chi connectivity index (χ1n) is 7.44. The molecule has 1 fully saturated rings. The summed E-state index contributed by atoms with van der Waals surface area (Å²) in [6.07, 6.45) is 4.33. The van der Waals surface area contributed by atoms with E-state index in [-0.39, 0.29) is 23.9 Å². The fourth-order valence-corrected chi connectivity index (χ4v) is 2.90. The van der Waals surface area contributed by atoms with E-state index in [1.165, 1.54) is 6.42 Å². The van der Waals surface area contributed by atoms with Crippen molar-refractivity contribution in [3.63, 3.8) is 0 Å². The molecule has 0 saturated heterocycles. The van der Waals surface area contributed by atoms with Crippen molar-refractivity contribution in [2.24, 2.45) is 5.73 Å². The predicted octanol–water partition coefficient (Wildman–Crippen LogP) is 3.45. The zero-order valence-electron chi connectivity index (χ0n) is 12.7. The molecule has 0 bridgehead atoms. The molecule has 1 aromatic carbocycles. The minimum atomic E-state index is -0.262. The molecule has 2 aromatic rings. The molecule has 1 aliphatic rings. The molecule has 5 nitrogen and oxygen atoms in total. The van der Waals surface area contributed by atoms with Gasteiger partial charge in [0.15, 0.2) is 6.61 Å². The van der Waals surface area contributed by atoms with Gasteiger partial charge in [0, 0.05) is 5.54 Å².